The fourth-order valence-electron chi connectivity index (χ4n) is 3.28. The average molecular weight is 455 g/mol. The van der Waals surface area contributed by atoms with E-state index in [0.717, 1.165) is 17.6 Å². The lowest BCUT2D eigenvalue weighted by atomic mass is 9.97. The first-order valence-corrected chi connectivity index (χ1v) is 12.3. The van der Waals surface area contributed by atoms with Crippen molar-refractivity contribution in [1.82, 2.24) is 9.78 Å². The highest BCUT2D eigenvalue weighted by molar-refractivity contribution is 7.90. The summed E-state index contributed by atoms with van der Waals surface area (Å²) in [4.78, 5) is 14.8. The molecule has 0 aliphatic rings. The zero-order chi connectivity index (χ0) is 22.2. The van der Waals surface area contributed by atoms with Gasteiger partial charge in [0.25, 0.3) is 5.56 Å². The Kier molecular flexibility index (Phi) is 5.60. The molecule has 2 heterocycles. The summed E-state index contributed by atoms with van der Waals surface area (Å²) in [6.07, 6.45) is 3.58. The van der Waals surface area contributed by atoms with Gasteiger partial charge in [0.15, 0.2) is 9.84 Å². The summed E-state index contributed by atoms with van der Waals surface area (Å²) in [7, 11) is -3.34. The Balaban J connectivity index is 1.94. The number of benzene rings is 2. The number of sulfone groups is 1. The second-order valence-electron chi connectivity index (χ2n) is 7.05. The largest absolute Gasteiger partial charge is 0.280 e. The Hall–Kier alpha value is -3.10. The third-order valence-corrected chi connectivity index (χ3v) is 7.24. The molecule has 158 valence electrons. The molecule has 8 heteroatoms. The van der Waals surface area contributed by atoms with E-state index in [1.165, 1.54) is 40.3 Å². The molecular formula is C23H19FN2O3S2. The molecule has 0 bridgehead atoms. The number of hydrogen-bond donors (Lipinski definition) is 0. The van der Waals surface area contributed by atoms with E-state index in [1.807, 2.05) is 19.1 Å². The average Bonchev–Trinajstić information content (AvgIpc) is 3.23. The van der Waals surface area contributed by atoms with Gasteiger partial charge >= 0.3 is 0 Å². The van der Waals surface area contributed by atoms with Gasteiger partial charge in [-0.1, -0.05) is 31.2 Å². The van der Waals surface area contributed by atoms with Crippen molar-refractivity contribution < 1.29 is 12.8 Å². The molecule has 0 unspecified atom stereocenters. The van der Waals surface area contributed by atoms with Crippen molar-refractivity contribution in [3.05, 3.63) is 87.9 Å². The van der Waals surface area contributed by atoms with Gasteiger partial charge in [-0.15, -0.1) is 11.3 Å². The van der Waals surface area contributed by atoms with Crippen LogP contribution in [0.25, 0.3) is 27.3 Å². The molecule has 31 heavy (non-hydrogen) atoms. The lowest BCUT2D eigenvalue weighted by molar-refractivity contribution is 0.602. The molecule has 0 aliphatic heterocycles. The van der Waals surface area contributed by atoms with E-state index in [2.05, 4.69) is 5.10 Å². The number of aryl methyl sites for hydroxylation is 1. The minimum atomic E-state index is -3.34. The molecule has 0 saturated heterocycles. The number of hydrogen-bond acceptors (Lipinski definition) is 5. The Morgan fingerprint density at radius 2 is 1.61 bits per heavy atom. The van der Waals surface area contributed by atoms with Crippen LogP contribution >= 0.6 is 11.3 Å². The first kappa shape index (κ1) is 21.1. The van der Waals surface area contributed by atoms with Crippen molar-refractivity contribution >= 4 is 21.2 Å². The van der Waals surface area contributed by atoms with Crippen LogP contribution in [0.15, 0.2) is 76.6 Å². The van der Waals surface area contributed by atoms with Crippen LogP contribution in [0.4, 0.5) is 4.39 Å². The van der Waals surface area contributed by atoms with Crippen LogP contribution in [-0.4, -0.2) is 24.5 Å². The molecule has 0 saturated carbocycles. The molecule has 0 aliphatic carbocycles. The smallest absolute Gasteiger partial charge is 0.267 e. The Bertz CT molecular complexity index is 1400. The van der Waals surface area contributed by atoms with E-state index < -0.39 is 15.7 Å². The third kappa shape index (κ3) is 4.22. The van der Waals surface area contributed by atoms with Gasteiger partial charge in [0.2, 0.25) is 0 Å². The second-order valence-corrected chi connectivity index (χ2v) is 10.2. The minimum absolute atomic E-state index is 0.187. The van der Waals surface area contributed by atoms with Crippen molar-refractivity contribution in [2.45, 2.75) is 18.2 Å². The lowest BCUT2D eigenvalue weighted by Crippen LogP contribution is -2.22. The summed E-state index contributed by atoms with van der Waals surface area (Å²) < 4.78 is 38.4. The van der Waals surface area contributed by atoms with Crippen LogP contribution in [0.5, 0.6) is 0 Å². The fourth-order valence-corrected chi connectivity index (χ4v) is 4.81. The quantitative estimate of drug-likeness (QED) is 0.437. The summed E-state index contributed by atoms with van der Waals surface area (Å²) in [6, 6.07) is 15.8. The van der Waals surface area contributed by atoms with Gasteiger partial charge in [-0.3, -0.25) is 4.79 Å². The van der Waals surface area contributed by atoms with Gasteiger partial charge in [0.1, 0.15) is 10.8 Å². The van der Waals surface area contributed by atoms with E-state index >= 15 is 0 Å². The summed E-state index contributed by atoms with van der Waals surface area (Å²) in [5, 5.41) is 5.07. The molecule has 0 spiro atoms. The Morgan fingerprint density at radius 3 is 2.19 bits per heavy atom. The van der Waals surface area contributed by atoms with E-state index in [-0.39, 0.29) is 10.5 Å². The molecule has 2 aromatic heterocycles. The number of halogens is 1. The molecule has 0 fully saturated rings. The van der Waals surface area contributed by atoms with Gasteiger partial charge in [0, 0.05) is 16.7 Å². The maximum Gasteiger partial charge on any atom is 0.280 e. The molecule has 0 N–H and O–H groups in total. The van der Waals surface area contributed by atoms with Crippen LogP contribution in [0.2, 0.25) is 0 Å². The Labute approximate surface area is 183 Å². The SMILES string of the molecule is CCc1ccc(-n2ncc(-c3ccc(S(C)(=O)=O)cc3)c(-c3ccc(F)cc3)c2=O)s1. The molecular weight excluding hydrogens is 435 g/mol. The molecule has 0 amide bonds. The maximum absolute atomic E-state index is 13.5. The molecule has 0 radical (unpaired) electrons. The first-order valence-electron chi connectivity index (χ1n) is 9.56. The van der Waals surface area contributed by atoms with Crippen LogP contribution < -0.4 is 5.56 Å². The van der Waals surface area contributed by atoms with Gasteiger partial charge in [-0.2, -0.15) is 9.78 Å². The monoisotopic (exact) mass is 454 g/mol. The molecule has 0 atom stereocenters. The van der Waals surface area contributed by atoms with Crippen LogP contribution in [-0.2, 0) is 16.3 Å². The fraction of sp³-hybridized carbons (Fsp3) is 0.130. The Morgan fingerprint density at radius 1 is 0.968 bits per heavy atom. The highest BCUT2D eigenvalue weighted by atomic mass is 32.2. The lowest BCUT2D eigenvalue weighted by Gasteiger charge is -2.12. The predicted molar refractivity (Wildman–Crippen MR) is 121 cm³/mol. The molecule has 4 rings (SSSR count). The van der Waals surface area contributed by atoms with E-state index in [9.17, 15) is 17.6 Å². The summed E-state index contributed by atoms with van der Waals surface area (Å²) in [5.41, 5.74) is 1.77. The van der Waals surface area contributed by atoms with Crippen molar-refractivity contribution in [3.8, 4) is 27.3 Å². The number of nitrogens with zero attached hydrogens (tertiary/aromatic N) is 2. The van der Waals surface area contributed by atoms with Crippen LogP contribution in [0, 0.1) is 5.82 Å². The number of rotatable bonds is 5. The minimum Gasteiger partial charge on any atom is -0.267 e. The van der Waals surface area contributed by atoms with Crippen LogP contribution in [0.3, 0.4) is 0 Å². The van der Waals surface area contributed by atoms with E-state index in [1.54, 1.807) is 30.5 Å². The zero-order valence-electron chi connectivity index (χ0n) is 16.9. The predicted octanol–water partition coefficient (Wildman–Crippen LogP) is 4.73. The molecule has 2 aromatic carbocycles. The van der Waals surface area contributed by atoms with Gasteiger partial charge < -0.3 is 0 Å². The van der Waals surface area contributed by atoms with Gasteiger partial charge in [-0.05, 0) is 53.9 Å². The van der Waals surface area contributed by atoms with E-state index in [0.29, 0.717) is 27.3 Å². The summed E-state index contributed by atoms with van der Waals surface area (Å²) in [6.45, 7) is 2.04. The number of thiophene rings is 1. The second kappa shape index (κ2) is 8.20. The van der Waals surface area contributed by atoms with E-state index in [4.69, 9.17) is 0 Å². The van der Waals surface area contributed by atoms with Gasteiger partial charge in [0.05, 0.1) is 16.7 Å². The number of aromatic nitrogens is 2. The van der Waals surface area contributed by atoms with Crippen molar-refractivity contribution in [2.24, 2.45) is 0 Å². The van der Waals surface area contributed by atoms with Gasteiger partial charge in [-0.25, -0.2) is 12.8 Å². The molecule has 4 aromatic rings. The highest BCUT2D eigenvalue weighted by Crippen LogP contribution is 2.30. The highest BCUT2D eigenvalue weighted by Gasteiger charge is 2.18. The van der Waals surface area contributed by atoms with Crippen molar-refractivity contribution in [3.63, 3.8) is 0 Å². The normalized spacial score (nSPS) is 11.6. The topological polar surface area (TPSA) is 69.0 Å². The van der Waals surface area contributed by atoms with Crippen LogP contribution in [0.1, 0.15) is 11.8 Å². The maximum atomic E-state index is 13.5. The van der Waals surface area contributed by atoms with Crippen molar-refractivity contribution in [2.75, 3.05) is 6.26 Å². The standard InChI is InChI=1S/C23H19FN2O3S2/c1-3-18-10-13-21(30-18)26-23(27)22(16-4-8-17(24)9-5-16)20(14-25-26)15-6-11-19(12-7-15)31(2,28)29/h4-14H,3H2,1-2H3. The molecule has 5 nitrogen and oxygen atoms in total. The summed E-state index contributed by atoms with van der Waals surface area (Å²) >= 11 is 1.49. The zero-order valence-corrected chi connectivity index (χ0v) is 18.5. The first-order chi connectivity index (χ1) is 14.8. The van der Waals surface area contributed by atoms with Crippen molar-refractivity contribution in [1.29, 1.82) is 0 Å². The summed E-state index contributed by atoms with van der Waals surface area (Å²) in [5.74, 6) is -0.400. The third-order valence-electron chi connectivity index (χ3n) is 4.91.